The highest BCUT2D eigenvalue weighted by Gasteiger charge is 2.35. The molecular weight excluding hydrogens is 330 g/mol. The fourth-order valence-corrected chi connectivity index (χ4v) is 2.48. The largest absolute Gasteiger partial charge is 0.381 e. The van der Waals surface area contributed by atoms with Gasteiger partial charge in [-0.2, -0.15) is 0 Å². The van der Waals surface area contributed by atoms with Gasteiger partial charge < -0.3 is 21.1 Å². The molecule has 0 aliphatic carbocycles. The van der Waals surface area contributed by atoms with Crippen LogP contribution in [-0.2, 0) is 20.9 Å². The number of hydrogen-bond donors (Lipinski definition) is 3. The maximum Gasteiger partial charge on any atom is 0.240 e. The number of carbonyl (C=O) groups excluding carboxylic acids is 2. The molecule has 0 saturated carbocycles. The molecule has 1 saturated heterocycles. The molecule has 0 radical (unpaired) electrons. The van der Waals surface area contributed by atoms with Crippen LogP contribution in [-0.4, -0.2) is 30.6 Å². The summed E-state index contributed by atoms with van der Waals surface area (Å²) in [5.74, 6) is -0.126. The van der Waals surface area contributed by atoms with Gasteiger partial charge in [-0.3, -0.25) is 9.59 Å². The minimum absolute atomic E-state index is 0. The van der Waals surface area contributed by atoms with Crippen molar-refractivity contribution in [3.05, 3.63) is 29.8 Å². The molecule has 0 atom stereocenters. The average molecular weight is 356 g/mol. The maximum absolute atomic E-state index is 12.2. The number of amides is 2. The summed E-state index contributed by atoms with van der Waals surface area (Å²) in [6, 6.07) is 7.44. The molecule has 0 bridgehead atoms. The molecule has 1 aliphatic rings. The fourth-order valence-electron chi connectivity index (χ4n) is 2.48. The molecule has 24 heavy (non-hydrogen) atoms. The van der Waals surface area contributed by atoms with E-state index in [0.29, 0.717) is 39.0 Å². The van der Waals surface area contributed by atoms with E-state index in [0.717, 1.165) is 17.7 Å². The van der Waals surface area contributed by atoms with Crippen molar-refractivity contribution < 1.29 is 14.3 Å². The lowest BCUT2D eigenvalue weighted by Crippen LogP contribution is -2.56. The molecular formula is C17H26ClN3O3. The van der Waals surface area contributed by atoms with E-state index in [2.05, 4.69) is 10.6 Å². The summed E-state index contributed by atoms with van der Waals surface area (Å²) in [4.78, 5) is 23.8. The fraction of sp³-hybridized carbons (Fsp3) is 0.529. The van der Waals surface area contributed by atoms with Crippen LogP contribution in [0.2, 0.25) is 0 Å². The van der Waals surface area contributed by atoms with E-state index in [4.69, 9.17) is 10.5 Å². The third kappa shape index (κ3) is 5.78. The topological polar surface area (TPSA) is 93.5 Å². The first-order valence-electron chi connectivity index (χ1n) is 8.07. The standard InChI is InChI=1S/C17H25N3O3.ClH/c1-2-3-15(21)20-14-6-4-13(5-7-14)12-19-16(22)17(18)8-10-23-11-9-17;/h4-7H,2-3,8-12,18H2,1H3,(H,19,22)(H,20,21);1H. The zero-order valence-corrected chi connectivity index (χ0v) is 14.8. The van der Waals surface area contributed by atoms with Gasteiger partial charge in [0.05, 0.1) is 5.54 Å². The molecule has 134 valence electrons. The second kappa shape index (κ2) is 9.61. The van der Waals surface area contributed by atoms with E-state index in [9.17, 15) is 9.59 Å². The monoisotopic (exact) mass is 355 g/mol. The van der Waals surface area contributed by atoms with Crippen molar-refractivity contribution in [3.63, 3.8) is 0 Å². The minimum atomic E-state index is -0.827. The van der Waals surface area contributed by atoms with Crippen LogP contribution >= 0.6 is 12.4 Å². The lowest BCUT2D eigenvalue weighted by atomic mass is 9.90. The molecule has 0 spiro atoms. The lowest BCUT2D eigenvalue weighted by Gasteiger charge is -2.31. The maximum atomic E-state index is 12.2. The molecule has 1 aliphatic heterocycles. The molecule has 1 heterocycles. The number of nitrogens with two attached hydrogens (primary N) is 1. The third-order valence-corrected chi connectivity index (χ3v) is 4.01. The van der Waals surface area contributed by atoms with Gasteiger partial charge in [-0.05, 0) is 37.0 Å². The Kier molecular flexibility index (Phi) is 8.18. The SMILES string of the molecule is CCCC(=O)Nc1ccc(CNC(=O)C2(N)CCOCC2)cc1.Cl. The van der Waals surface area contributed by atoms with Crippen molar-refractivity contribution in [1.29, 1.82) is 0 Å². The van der Waals surface area contributed by atoms with Gasteiger partial charge in [0, 0.05) is 31.9 Å². The molecule has 0 unspecified atom stereocenters. The average Bonchev–Trinajstić information content (AvgIpc) is 2.55. The summed E-state index contributed by atoms with van der Waals surface area (Å²) < 4.78 is 5.25. The second-order valence-electron chi connectivity index (χ2n) is 5.95. The summed E-state index contributed by atoms with van der Waals surface area (Å²) in [6.45, 7) is 3.43. The van der Waals surface area contributed by atoms with Crippen LogP contribution in [0, 0.1) is 0 Å². The van der Waals surface area contributed by atoms with Crippen molar-refractivity contribution in [3.8, 4) is 0 Å². The van der Waals surface area contributed by atoms with Gasteiger partial charge in [0.2, 0.25) is 11.8 Å². The molecule has 1 fully saturated rings. The highest BCUT2D eigenvalue weighted by Crippen LogP contribution is 2.18. The Labute approximate surface area is 148 Å². The Balaban J connectivity index is 0.00000288. The molecule has 2 amide bonds. The normalized spacial score (nSPS) is 15.9. The molecule has 1 aromatic rings. The van der Waals surface area contributed by atoms with E-state index >= 15 is 0 Å². The number of nitrogens with one attached hydrogen (secondary N) is 2. The zero-order chi connectivity index (χ0) is 16.7. The molecule has 2 rings (SSSR count). The predicted octanol–water partition coefficient (Wildman–Crippen LogP) is 1.97. The van der Waals surface area contributed by atoms with Crippen molar-refractivity contribution in [1.82, 2.24) is 5.32 Å². The van der Waals surface area contributed by atoms with Gasteiger partial charge in [-0.1, -0.05) is 19.1 Å². The number of benzene rings is 1. The summed E-state index contributed by atoms with van der Waals surface area (Å²) in [6.07, 6.45) is 2.42. The van der Waals surface area contributed by atoms with Crippen LogP contribution in [0.5, 0.6) is 0 Å². The number of anilines is 1. The van der Waals surface area contributed by atoms with Gasteiger partial charge in [0.15, 0.2) is 0 Å². The summed E-state index contributed by atoms with van der Waals surface area (Å²) >= 11 is 0. The van der Waals surface area contributed by atoms with E-state index < -0.39 is 5.54 Å². The molecule has 1 aromatic carbocycles. The molecule has 0 aromatic heterocycles. The quantitative estimate of drug-likeness (QED) is 0.727. The number of hydrogen-bond acceptors (Lipinski definition) is 4. The summed E-state index contributed by atoms with van der Waals surface area (Å²) in [5, 5.41) is 5.72. The van der Waals surface area contributed by atoms with Crippen LogP contribution in [0.3, 0.4) is 0 Å². The van der Waals surface area contributed by atoms with E-state index in [1.807, 2.05) is 31.2 Å². The van der Waals surface area contributed by atoms with Crippen molar-refractivity contribution in [2.24, 2.45) is 5.73 Å². The molecule has 7 heteroatoms. The number of rotatable bonds is 6. The van der Waals surface area contributed by atoms with E-state index in [1.54, 1.807) is 0 Å². The predicted molar refractivity (Wildman–Crippen MR) is 96.0 cm³/mol. The first-order valence-corrected chi connectivity index (χ1v) is 8.07. The van der Waals surface area contributed by atoms with Crippen LogP contribution in [0.1, 0.15) is 38.2 Å². The van der Waals surface area contributed by atoms with Crippen LogP contribution in [0.25, 0.3) is 0 Å². The van der Waals surface area contributed by atoms with Gasteiger partial charge in [-0.25, -0.2) is 0 Å². The smallest absolute Gasteiger partial charge is 0.240 e. The minimum Gasteiger partial charge on any atom is -0.381 e. The number of ether oxygens (including phenoxy) is 1. The molecule has 6 nitrogen and oxygen atoms in total. The van der Waals surface area contributed by atoms with Gasteiger partial charge in [0.25, 0.3) is 0 Å². The first-order chi connectivity index (χ1) is 11.0. The Hall–Kier alpha value is -1.63. The highest BCUT2D eigenvalue weighted by molar-refractivity contribution is 5.90. The Morgan fingerprint density at radius 1 is 1.21 bits per heavy atom. The number of halogens is 1. The van der Waals surface area contributed by atoms with Crippen molar-refractivity contribution in [2.75, 3.05) is 18.5 Å². The summed E-state index contributed by atoms with van der Waals surface area (Å²) in [7, 11) is 0. The highest BCUT2D eigenvalue weighted by atomic mass is 35.5. The van der Waals surface area contributed by atoms with Gasteiger partial charge in [-0.15, -0.1) is 12.4 Å². The zero-order valence-electron chi connectivity index (χ0n) is 14.0. The van der Waals surface area contributed by atoms with E-state index in [1.165, 1.54) is 0 Å². The second-order valence-corrected chi connectivity index (χ2v) is 5.95. The van der Waals surface area contributed by atoms with Crippen LogP contribution in [0.4, 0.5) is 5.69 Å². The number of carbonyl (C=O) groups is 2. The Bertz CT molecular complexity index is 543. The van der Waals surface area contributed by atoms with Crippen molar-refractivity contribution in [2.45, 2.75) is 44.7 Å². The Morgan fingerprint density at radius 3 is 2.42 bits per heavy atom. The molecule has 4 N–H and O–H groups in total. The van der Waals surface area contributed by atoms with Crippen molar-refractivity contribution >= 4 is 29.9 Å². The van der Waals surface area contributed by atoms with Gasteiger partial charge >= 0.3 is 0 Å². The third-order valence-electron chi connectivity index (χ3n) is 4.01. The van der Waals surface area contributed by atoms with Gasteiger partial charge in [0.1, 0.15) is 0 Å². The first kappa shape index (κ1) is 20.4. The Morgan fingerprint density at radius 2 is 1.83 bits per heavy atom. The van der Waals surface area contributed by atoms with Crippen LogP contribution in [0.15, 0.2) is 24.3 Å². The van der Waals surface area contributed by atoms with Crippen LogP contribution < -0.4 is 16.4 Å². The lowest BCUT2D eigenvalue weighted by molar-refractivity contribution is -0.129. The summed E-state index contributed by atoms with van der Waals surface area (Å²) in [5.41, 5.74) is 7.03. The van der Waals surface area contributed by atoms with E-state index in [-0.39, 0.29) is 24.2 Å².